The predicted molar refractivity (Wildman–Crippen MR) is 228 cm³/mol. The summed E-state index contributed by atoms with van der Waals surface area (Å²) < 4.78 is 30.1. The van der Waals surface area contributed by atoms with Gasteiger partial charge in [-0.05, 0) is 106 Å². The Kier molecular flexibility index (Phi) is 10.6. The lowest BCUT2D eigenvalue weighted by Gasteiger charge is -2.32. The van der Waals surface area contributed by atoms with Crippen molar-refractivity contribution in [3.63, 3.8) is 0 Å². The molecule has 5 aromatic rings. The van der Waals surface area contributed by atoms with Crippen molar-refractivity contribution in [2.45, 2.75) is 90.3 Å². The van der Waals surface area contributed by atoms with Crippen molar-refractivity contribution in [2.75, 3.05) is 36.8 Å². The molecular formula is C45H50ClF2N9O4. The summed E-state index contributed by atoms with van der Waals surface area (Å²) in [6.45, 7) is 7.76. The molecule has 9 rings (SSSR count). The molecule has 0 spiro atoms. The van der Waals surface area contributed by atoms with Crippen molar-refractivity contribution >= 4 is 51.7 Å². The van der Waals surface area contributed by atoms with Crippen LogP contribution in [0.2, 0.25) is 5.02 Å². The first-order valence-electron chi connectivity index (χ1n) is 21.0. The smallest absolute Gasteiger partial charge is 0.309 e. The van der Waals surface area contributed by atoms with E-state index in [1.54, 1.807) is 25.3 Å². The van der Waals surface area contributed by atoms with Crippen LogP contribution in [0.25, 0.3) is 22.2 Å². The van der Waals surface area contributed by atoms with Gasteiger partial charge in [0.2, 0.25) is 0 Å². The van der Waals surface area contributed by atoms with E-state index in [0.29, 0.717) is 60.1 Å². The van der Waals surface area contributed by atoms with Crippen LogP contribution in [0, 0.1) is 17.8 Å². The van der Waals surface area contributed by atoms with E-state index < -0.39 is 29.2 Å². The molecule has 16 heteroatoms. The van der Waals surface area contributed by atoms with E-state index in [2.05, 4.69) is 35.4 Å². The minimum absolute atomic E-state index is 0.117. The van der Waals surface area contributed by atoms with Crippen LogP contribution in [0.1, 0.15) is 97.3 Å². The number of rotatable bonds is 12. The third-order valence-corrected chi connectivity index (χ3v) is 14.2. The van der Waals surface area contributed by atoms with Gasteiger partial charge in [0.05, 0.1) is 32.9 Å². The number of anilines is 3. The molecule has 5 heterocycles. The fourth-order valence-electron chi connectivity index (χ4n) is 10.3. The van der Waals surface area contributed by atoms with Gasteiger partial charge in [-0.15, -0.1) is 0 Å². The van der Waals surface area contributed by atoms with Gasteiger partial charge in [-0.1, -0.05) is 35.9 Å². The van der Waals surface area contributed by atoms with Crippen LogP contribution in [0.3, 0.4) is 0 Å². The fourth-order valence-corrected chi connectivity index (χ4v) is 10.6. The van der Waals surface area contributed by atoms with Gasteiger partial charge < -0.3 is 25.4 Å². The molecule has 0 radical (unpaired) electrons. The summed E-state index contributed by atoms with van der Waals surface area (Å²) in [7, 11) is 1.86. The molecule has 2 saturated carbocycles. The standard InChI is InChI=1S/C45H50ClF2N9O4/c1-26-28(6-4-8-30(26)50-38-36-32(51-39(54-38)37(47)48)20-27(21-49-36)22-57-18-15-43(2,61)25-57)29-7-5-9-31(35(29)46)53-41(58)40-52-33-23-56(17-10-34(33)55(40)3)19-16-44-11-13-45(24-44,14-12-44)42(59)60/h4-9,20-21,37,61H,10-19,22-25H2,1-3H3,(H,53,58)(H,59,60)(H,50,51,54)/t43-,44?,45?/m1/s1. The molecule has 320 valence electrons. The van der Waals surface area contributed by atoms with Gasteiger partial charge in [-0.2, -0.15) is 0 Å². The van der Waals surface area contributed by atoms with E-state index in [9.17, 15) is 28.6 Å². The van der Waals surface area contributed by atoms with Gasteiger partial charge in [0.15, 0.2) is 17.5 Å². The number of likely N-dealkylation sites (tertiary alicyclic amines) is 1. The lowest BCUT2D eigenvalue weighted by atomic mass is 9.80. The maximum atomic E-state index is 14.1. The first kappa shape index (κ1) is 41.3. The van der Waals surface area contributed by atoms with E-state index in [4.69, 9.17) is 16.6 Å². The SMILES string of the molecule is Cc1c(Nc2nc(C(F)F)nc3cc(CN4CC[C@@](C)(O)C4)cnc23)cccc1-c1cccc(NC(=O)c2nc3c(n2C)CCN(CCC24CCC(C(=O)O)(CC2)C4)C3)c1Cl. The zero-order chi connectivity index (χ0) is 42.8. The number of hydrogen-bond donors (Lipinski definition) is 4. The summed E-state index contributed by atoms with van der Waals surface area (Å²) in [6, 6.07) is 12.7. The summed E-state index contributed by atoms with van der Waals surface area (Å²) in [5.74, 6) is -1.22. The van der Waals surface area contributed by atoms with Crippen molar-refractivity contribution in [3.05, 3.63) is 87.8 Å². The second-order valence-electron chi connectivity index (χ2n) is 18.1. The van der Waals surface area contributed by atoms with E-state index in [1.807, 2.05) is 48.9 Å². The third-order valence-electron chi connectivity index (χ3n) is 13.8. The Hall–Kier alpha value is -5.09. The molecule has 3 fully saturated rings. The van der Waals surface area contributed by atoms with Crippen LogP contribution in [0.15, 0.2) is 48.7 Å². The number of pyridine rings is 1. The average Bonchev–Trinajstić information content (AvgIpc) is 3.99. The number of fused-ring (bicyclic) bond motifs is 4. The Balaban J connectivity index is 0.906. The van der Waals surface area contributed by atoms with Crippen LogP contribution >= 0.6 is 11.6 Å². The van der Waals surface area contributed by atoms with E-state index in [1.165, 1.54) is 0 Å². The van der Waals surface area contributed by atoms with Gasteiger partial charge in [-0.25, -0.2) is 23.7 Å². The van der Waals surface area contributed by atoms with Crippen LogP contribution in [0.5, 0.6) is 0 Å². The summed E-state index contributed by atoms with van der Waals surface area (Å²) in [5.41, 5.74) is 5.32. The normalized spacial score (nSPS) is 23.9. The summed E-state index contributed by atoms with van der Waals surface area (Å²) in [6.07, 6.45) is 5.46. The monoisotopic (exact) mass is 853 g/mol. The van der Waals surface area contributed by atoms with Gasteiger partial charge in [0.25, 0.3) is 12.3 Å². The number of nitrogens with zero attached hydrogens (tertiary/aromatic N) is 7. The molecule has 2 bridgehead atoms. The van der Waals surface area contributed by atoms with Crippen molar-refractivity contribution in [2.24, 2.45) is 17.9 Å². The average molecular weight is 854 g/mol. The zero-order valence-corrected chi connectivity index (χ0v) is 35.3. The number of aliphatic carboxylic acids is 1. The number of β-amino-alcohol motifs (C(OH)–C–C–N with tert-alkyl or cyclic N) is 1. The number of carbonyl (C=O) groups excluding carboxylic acids is 1. The van der Waals surface area contributed by atoms with Crippen molar-refractivity contribution in [1.82, 2.24) is 34.3 Å². The molecule has 1 saturated heterocycles. The summed E-state index contributed by atoms with van der Waals surface area (Å²) in [5, 5.41) is 26.8. The minimum Gasteiger partial charge on any atom is -0.481 e. The predicted octanol–water partition coefficient (Wildman–Crippen LogP) is 8.06. The Bertz CT molecular complexity index is 2560. The Morgan fingerprint density at radius 1 is 0.984 bits per heavy atom. The lowest BCUT2D eigenvalue weighted by Crippen LogP contribution is -2.34. The quantitative estimate of drug-likeness (QED) is 0.0961. The van der Waals surface area contributed by atoms with Crippen LogP contribution in [0.4, 0.5) is 26.0 Å². The maximum absolute atomic E-state index is 14.1. The molecule has 2 aliphatic carbocycles. The van der Waals surface area contributed by atoms with Gasteiger partial charge in [0, 0.05) is 69.3 Å². The Labute approximate surface area is 357 Å². The number of benzene rings is 2. The Morgan fingerprint density at radius 3 is 2.44 bits per heavy atom. The molecular weight excluding hydrogens is 804 g/mol. The number of carboxylic acids is 1. The molecule has 3 aromatic heterocycles. The van der Waals surface area contributed by atoms with E-state index in [0.717, 1.165) is 86.1 Å². The van der Waals surface area contributed by atoms with Crippen molar-refractivity contribution in [1.29, 1.82) is 0 Å². The largest absolute Gasteiger partial charge is 0.481 e. The minimum atomic E-state index is -2.91. The molecule has 4 N–H and O–H groups in total. The van der Waals surface area contributed by atoms with Crippen molar-refractivity contribution in [3.8, 4) is 11.1 Å². The number of alkyl halides is 2. The van der Waals surface area contributed by atoms with Crippen LogP contribution < -0.4 is 10.6 Å². The van der Waals surface area contributed by atoms with Crippen LogP contribution in [-0.4, -0.2) is 88.2 Å². The molecule has 2 aliphatic heterocycles. The number of aliphatic hydroxyl groups is 1. The number of carboxylic acid groups (broad SMARTS) is 1. The molecule has 0 unspecified atom stereocenters. The highest BCUT2D eigenvalue weighted by molar-refractivity contribution is 6.36. The highest BCUT2D eigenvalue weighted by Gasteiger charge is 2.57. The summed E-state index contributed by atoms with van der Waals surface area (Å²) >= 11 is 7.05. The van der Waals surface area contributed by atoms with E-state index in [-0.39, 0.29) is 28.5 Å². The highest BCUT2D eigenvalue weighted by Crippen LogP contribution is 2.63. The number of hydrogen-bond acceptors (Lipinski definition) is 10. The molecule has 2 aromatic carbocycles. The second kappa shape index (κ2) is 15.7. The highest BCUT2D eigenvalue weighted by atomic mass is 35.5. The number of aromatic nitrogens is 5. The second-order valence-corrected chi connectivity index (χ2v) is 18.4. The first-order valence-corrected chi connectivity index (χ1v) is 21.4. The summed E-state index contributed by atoms with van der Waals surface area (Å²) in [4.78, 5) is 48.0. The first-order chi connectivity index (χ1) is 29.1. The Morgan fingerprint density at radius 2 is 1.74 bits per heavy atom. The van der Waals surface area contributed by atoms with Crippen LogP contribution in [-0.2, 0) is 31.4 Å². The number of nitrogens with one attached hydrogen (secondary N) is 2. The van der Waals surface area contributed by atoms with Gasteiger partial charge in [-0.3, -0.25) is 24.4 Å². The molecule has 61 heavy (non-hydrogen) atoms. The number of amides is 1. The molecule has 1 atom stereocenters. The zero-order valence-electron chi connectivity index (χ0n) is 34.6. The van der Waals surface area contributed by atoms with Crippen molar-refractivity contribution < 1.29 is 28.6 Å². The number of carbonyl (C=O) groups is 2. The van der Waals surface area contributed by atoms with E-state index >= 15 is 0 Å². The number of imidazole rings is 1. The molecule has 13 nitrogen and oxygen atoms in total. The topological polar surface area (TPSA) is 162 Å². The molecule has 1 amide bonds. The lowest BCUT2D eigenvalue weighted by molar-refractivity contribution is -0.148. The third kappa shape index (κ3) is 7.85. The maximum Gasteiger partial charge on any atom is 0.309 e. The molecule has 4 aliphatic rings. The van der Waals surface area contributed by atoms with Gasteiger partial charge >= 0.3 is 5.97 Å². The van der Waals surface area contributed by atoms with Gasteiger partial charge in [0.1, 0.15) is 5.52 Å². The number of halogens is 3. The fraction of sp³-hybridized carbons (Fsp3) is 0.467.